The second-order valence-electron chi connectivity index (χ2n) is 7.57. The molecule has 37 heavy (non-hydrogen) atoms. The van der Waals surface area contributed by atoms with Gasteiger partial charge in [0.2, 0.25) is 15.9 Å². The molecule has 194 valence electrons. The zero-order valence-electron chi connectivity index (χ0n) is 18.4. The van der Waals surface area contributed by atoms with Gasteiger partial charge >= 0.3 is 18.0 Å². The minimum Gasteiger partial charge on any atom is -0.389 e. The van der Waals surface area contributed by atoms with Crippen LogP contribution in [0.25, 0.3) is 15.8 Å². The highest BCUT2D eigenvalue weighted by Crippen LogP contribution is 2.32. The summed E-state index contributed by atoms with van der Waals surface area (Å²) in [7, 11) is -3.41. The van der Waals surface area contributed by atoms with E-state index in [2.05, 4.69) is 4.37 Å². The Balaban J connectivity index is 1.68. The Hall–Kier alpha value is -4.05. The highest BCUT2D eigenvalue weighted by atomic mass is 32.2. The van der Waals surface area contributed by atoms with Crippen LogP contribution in [0.3, 0.4) is 0 Å². The van der Waals surface area contributed by atoms with Crippen LogP contribution in [0.1, 0.15) is 11.3 Å². The lowest BCUT2D eigenvalue weighted by atomic mass is 10.2. The number of nitrogens with one attached hydrogen (secondary N) is 1. The number of amides is 1. The van der Waals surface area contributed by atoms with Crippen molar-refractivity contribution in [3.8, 4) is 11.6 Å². The van der Waals surface area contributed by atoms with Crippen molar-refractivity contribution in [3.63, 3.8) is 0 Å². The predicted molar refractivity (Wildman–Crippen MR) is 124 cm³/mol. The van der Waals surface area contributed by atoms with Gasteiger partial charge in [-0.1, -0.05) is 30.3 Å². The number of alkyl halides is 3. The third-order valence-corrected chi connectivity index (χ3v) is 6.97. The van der Waals surface area contributed by atoms with Crippen molar-refractivity contribution in [2.75, 3.05) is 0 Å². The molecule has 0 aliphatic rings. The number of sulfonamides is 1. The lowest BCUT2D eigenvalue weighted by molar-refractivity contribution is -0.144. The zero-order valence-corrected chi connectivity index (χ0v) is 20.1. The van der Waals surface area contributed by atoms with Crippen LogP contribution in [-0.2, 0) is 29.0 Å². The van der Waals surface area contributed by atoms with Crippen LogP contribution < -0.4 is 20.7 Å². The van der Waals surface area contributed by atoms with Gasteiger partial charge in [-0.05, 0) is 29.2 Å². The number of hydrogen-bond donors (Lipinski definition) is 1. The summed E-state index contributed by atoms with van der Waals surface area (Å²) in [6.45, 7) is 0. The molecule has 0 atom stereocenters. The van der Waals surface area contributed by atoms with Crippen molar-refractivity contribution in [1.82, 2.24) is 18.2 Å². The molecule has 1 amide bonds. The van der Waals surface area contributed by atoms with Gasteiger partial charge in [0, 0.05) is 13.1 Å². The summed E-state index contributed by atoms with van der Waals surface area (Å²) >= 11 is 0.648. The summed E-state index contributed by atoms with van der Waals surface area (Å²) in [5.74, 6) is -2.15. The molecule has 16 heteroatoms. The average Bonchev–Trinajstić information content (AvgIpc) is 3.16. The Kier molecular flexibility index (Phi) is 6.64. The van der Waals surface area contributed by atoms with Crippen LogP contribution >= 0.6 is 11.5 Å². The first-order valence-electron chi connectivity index (χ1n) is 10.0. The van der Waals surface area contributed by atoms with E-state index < -0.39 is 62.4 Å². The van der Waals surface area contributed by atoms with E-state index in [1.165, 1.54) is 12.1 Å². The number of fused-ring (bicyclic) bond motifs is 1. The number of rotatable bonds is 5. The number of nitrogens with zero attached hydrogens (tertiary/aromatic N) is 3. The second kappa shape index (κ2) is 9.44. The van der Waals surface area contributed by atoms with E-state index in [1.54, 1.807) is 22.9 Å². The maximum Gasteiger partial charge on any atom is 0.431 e. The highest BCUT2D eigenvalue weighted by Gasteiger charge is 2.35. The van der Waals surface area contributed by atoms with Gasteiger partial charge in [0.05, 0.1) is 21.5 Å². The number of ether oxygens (including phenoxy) is 1. The van der Waals surface area contributed by atoms with Crippen molar-refractivity contribution in [3.05, 3.63) is 86.4 Å². The van der Waals surface area contributed by atoms with Crippen LogP contribution in [0.4, 0.5) is 22.4 Å². The highest BCUT2D eigenvalue weighted by molar-refractivity contribution is 7.89. The van der Waals surface area contributed by atoms with E-state index in [9.17, 15) is 40.4 Å². The SMILES string of the molecule is Cn1c(C(F)(F)F)cc(=O)n(-c2cc3c(OC(=O)NS(=O)(=O)Cc4ccccc4)nsc3cc2F)c1=O. The molecule has 0 spiro atoms. The van der Waals surface area contributed by atoms with E-state index in [-0.39, 0.29) is 25.3 Å². The molecule has 0 saturated carbocycles. The Morgan fingerprint density at radius 2 is 1.81 bits per heavy atom. The lowest BCUT2D eigenvalue weighted by Gasteiger charge is -2.14. The number of halogens is 4. The molecule has 4 aromatic rings. The lowest BCUT2D eigenvalue weighted by Crippen LogP contribution is -2.41. The summed E-state index contributed by atoms with van der Waals surface area (Å²) in [4.78, 5) is 37.1. The van der Waals surface area contributed by atoms with Gasteiger partial charge < -0.3 is 4.74 Å². The van der Waals surface area contributed by atoms with Gasteiger partial charge in [0.15, 0.2) is 0 Å². The first-order chi connectivity index (χ1) is 17.3. The largest absolute Gasteiger partial charge is 0.431 e. The second-order valence-corrected chi connectivity index (χ2v) is 10.1. The zero-order chi connectivity index (χ0) is 27.1. The van der Waals surface area contributed by atoms with Gasteiger partial charge in [-0.25, -0.2) is 31.7 Å². The fourth-order valence-electron chi connectivity index (χ4n) is 3.36. The topological polar surface area (TPSA) is 129 Å². The molecule has 4 rings (SSSR count). The van der Waals surface area contributed by atoms with Gasteiger partial charge in [0.1, 0.15) is 11.5 Å². The molecule has 10 nitrogen and oxygen atoms in total. The van der Waals surface area contributed by atoms with Crippen LogP contribution in [0.2, 0.25) is 0 Å². The standard InChI is InChI=1S/C21H14F4N4O6S2/c1-28-16(21(23,24)25)9-17(30)29(20(28)32)14-7-12-15(8-13(14)22)36-26-18(12)35-19(31)27-37(33,34)10-11-5-3-2-4-6-11/h2-9H,10H2,1H3,(H,27,31). The predicted octanol–water partition coefficient (Wildman–Crippen LogP) is 2.92. The Morgan fingerprint density at radius 1 is 1.14 bits per heavy atom. The van der Waals surface area contributed by atoms with Crippen molar-refractivity contribution >= 4 is 37.7 Å². The Bertz CT molecular complexity index is 1750. The van der Waals surface area contributed by atoms with E-state index in [0.29, 0.717) is 17.1 Å². The minimum absolute atomic E-state index is 0.0768. The number of carbonyl (C=O) groups is 1. The van der Waals surface area contributed by atoms with Crippen molar-refractivity contribution < 1.29 is 35.5 Å². The van der Waals surface area contributed by atoms with Crippen molar-refractivity contribution in [2.24, 2.45) is 7.05 Å². The molecule has 2 aromatic carbocycles. The number of benzene rings is 2. The molecule has 1 N–H and O–H groups in total. The Labute approximate surface area is 208 Å². The minimum atomic E-state index is -5.01. The van der Waals surface area contributed by atoms with Gasteiger partial charge in [-0.15, -0.1) is 0 Å². The molecule has 0 aliphatic heterocycles. The van der Waals surface area contributed by atoms with Crippen LogP contribution in [0.15, 0.2) is 58.1 Å². The van der Waals surface area contributed by atoms with Gasteiger partial charge in [-0.3, -0.25) is 9.36 Å². The molecule has 0 saturated heterocycles. The van der Waals surface area contributed by atoms with Crippen molar-refractivity contribution in [2.45, 2.75) is 11.9 Å². The Morgan fingerprint density at radius 3 is 2.46 bits per heavy atom. The smallest absolute Gasteiger partial charge is 0.389 e. The summed E-state index contributed by atoms with van der Waals surface area (Å²) in [5.41, 5.74) is -4.80. The average molecular weight is 558 g/mol. The molecular formula is C21H14F4N4O6S2. The molecule has 0 aliphatic carbocycles. The van der Waals surface area contributed by atoms with E-state index in [0.717, 1.165) is 19.2 Å². The summed E-state index contributed by atoms with van der Waals surface area (Å²) in [6, 6.07) is 9.81. The molecule has 2 heterocycles. The fraction of sp³-hybridized carbons (Fsp3) is 0.143. The van der Waals surface area contributed by atoms with E-state index in [1.807, 2.05) is 0 Å². The normalized spacial score (nSPS) is 12.0. The third-order valence-electron chi connectivity index (χ3n) is 4.99. The van der Waals surface area contributed by atoms with Crippen LogP contribution in [0.5, 0.6) is 5.88 Å². The molecular weight excluding hydrogens is 544 g/mol. The number of carbonyl (C=O) groups excluding carboxylic acids is 1. The molecule has 0 unspecified atom stereocenters. The molecule has 0 bridgehead atoms. The van der Waals surface area contributed by atoms with E-state index in [4.69, 9.17) is 4.74 Å². The van der Waals surface area contributed by atoms with Crippen LogP contribution in [-0.4, -0.2) is 28.0 Å². The summed E-state index contributed by atoms with van der Waals surface area (Å²) in [6.07, 6.45) is -6.45. The summed E-state index contributed by atoms with van der Waals surface area (Å²) in [5, 5.41) is -0.106. The third kappa shape index (κ3) is 5.39. The molecule has 2 aromatic heterocycles. The van der Waals surface area contributed by atoms with E-state index >= 15 is 0 Å². The number of aromatic nitrogens is 3. The monoisotopic (exact) mass is 558 g/mol. The number of hydrogen-bond acceptors (Lipinski definition) is 8. The summed E-state index contributed by atoms with van der Waals surface area (Å²) < 4.78 is 89.5. The molecule has 0 radical (unpaired) electrons. The first kappa shape index (κ1) is 26.0. The maximum absolute atomic E-state index is 14.8. The fourth-order valence-corrected chi connectivity index (χ4v) is 5.07. The molecule has 0 fully saturated rings. The van der Waals surface area contributed by atoms with Crippen molar-refractivity contribution in [1.29, 1.82) is 0 Å². The van der Waals surface area contributed by atoms with Gasteiger partial charge in [0.25, 0.3) is 5.56 Å². The van der Waals surface area contributed by atoms with Gasteiger partial charge in [-0.2, -0.15) is 17.5 Å². The maximum atomic E-state index is 14.8. The van der Waals surface area contributed by atoms with Crippen LogP contribution in [0, 0.1) is 5.82 Å². The quantitative estimate of drug-likeness (QED) is 0.373. The first-order valence-corrected chi connectivity index (χ1v) is 12.5.